The van der Waals surface area contributed by atoms with Crippen molar-refractivity contribution < 1.29 is 0 Å². The van der Waals surface area contributed by atoms with E-state index in [0.29, 0.717) is 0 Å². The van der Waals surface area contributed by atoms with Gasteiger partial charge in [-0.1, -0.05) is 182 Å². The van der Waals surface area contributed by atoms with Crippen LogP contribution in [0.15, 0.2) is 170 Å². The second kappa shape index (κ2) is 15.7. The Morgan fingerprint density at radius 2 is 0.420 bits per heavy atom. The molecule has 0 aliphatic heterocycles. The summed E-state index contributed by atoms with van der Waals surface area (Å²) in [6.45, 7) is 12.5. The maximum atomic E-state index is 2.31. The fourth-order valence-corrected chi connectivity index (χ4v) is 6.37. The number of fused-ring (bicyclic) bond motifs is 2. The summed E-state index contributed by atoms with van der Waals surface area (Å²) < 4.78 is 0. The fraction of sp³-hybridized carbons (Fsp3) is 0.120. The van der Waals surface area contributed by atoms with Crippen molar-refractivity contribution >= 4 is 21.5 Å². The molecule has 0 saturated heterocycles. The highest BCUT2D eigenvalue weighted by molar-refractivity contribution is 5.97. The summed E-state index contributed by atoms with van der Waals surface area (Å²) in [7, 11) is 0. The molecule has 8 rings (SSSR count). The number of hydrogen-bond donors (Lipinski definition) is 0. The van der Waals surface area contributed by atoms with Crippen molar-refractivity contribution in [2.75, 3.05) is 0 Å². The molecule has 0 spiro atoms. The lowest BCUT2D eigenvalue weighted by Crippen LogP contribution is -1.87. The van der Waals surface area contributed by atoms with Crippen molar-refractivity contribution in [1.29, 1.82) is 0 Å². The van der Waals surface area contributed by atoms with Gasteiger partial charge in [0.25, 0.3) is 0 Å². The molecule has 0 aromatic heterocycles. The van der Waals surface area contributed by atoms with Gasteiger partial charge in [0.2, 0.25) is 0 Å². The molecular formula is C50H46. The quantitative estimate of drug-likeness (QED) is 0.178. The van der Waals surface area contributed by atoms with Gasteiger partial charge in [0, 0.05) is 0 Å². The molecule has 0 nitrogen and oxygen atoms in total. The summed E-state index contributed by atoms with van der Waals surface area (Å²) in [6, 6.07) is 61.6. The number of aryl methyl sites for hydroxylation is 4. The molecule has 0 unspecified atom stereocenters. The van der Waals surface area contributed by atoms with Crippen LogP contribution in [0.2, 0.25) is 0 Å². The topological polar surface area (TPSA) is 0 Å². The minimum atomic E-state index is 1.27. The first kappa shape index (κ1) is 34.2. The van der Waals surface area contributed by atoms with Gasteiger partial charge in [-0.2, -0.15) is 0 Å². The Hall–Kier alpha value is -5.72. The van der Waals surface area contributed by atoms with Gasteiger partial charge in [-0.3, -0.25) is 0 Å². The molecule has 0 aliphatic rings. The first-order valence-corrected chi connectivity index (χ1v) is 17.7. The van der Waals surface area contributed by atoms with Crippen LogP contribution in [0, 0.1) is 27.7 Å². The molecule has 0 fully saturated rings. The molecule has 0 radical (unpaired) electrons. The van der Waals surface area contributed by atoms with E-state index in [2.05, 4.69) is 198 Å². The monoisotopic (exact) mass is 646 g/mol. The number of hydrogen-bond acceptors (Lipinski definition) is 0. The average molecular weight is 647 g/mol. The molecule has 0 heterocycles. The van der Waals surface area contributed by atoms with Crippen molar-refractivity contribution in [3.05, 3.63) is 192 Å². The zero-order valence-corrected chi connectivity index (χ0v) is 30.2. The molecule has 0 amide bonds. The smallest absolute Gasteiger partial charge is 0.00990 e. The SMILES string of the molecule is CC.Cc1ccc(-c2cc3ccccc3cc2-c2ccc(C)cc2)cc1.Cc1ccc(-c2cc3ccccc3cc2-c2ccc(C)cc2)cc1. The zero-order chi connectivity index (χ0) is 35.0. The third-order valence-corrected chi connectivity index (χ3v) is 9.22. The van der Waals surface area contributed by atoms with Crippen molar-refractivity contribution in [3.63, 3.8) is 0 Å². The van der Waals surface area contributed by atoms with Crippen LogP contribution in [0.4, 0.5) is 0 Å². The lowest BCUT2D eigenvalue weighted by molar-refractivity contribution is 1.46. The molecule has 50 heavy (non-hydrogen) atoms. The molecule has 246 valence electrons. The van der Waals surface area contributed by atoms with E-state index in [4.69, 9.17) is 0 Å². The van der Waals surface area contributed by atoms with Crippen LogP contribution in [0.25, 0.3) is 66.1 Å². The number of rotatable bonds is 4. The Balaban J connectivity index is 0.000000165. The lowest BCUT2D eigenvalue weighted by Gasteiger charge is -2.13. The summed E-state index contributed by atoms with van der Waals surface area (Å²) in [5, 5.41) is 5.13. The van der Waals surface area contributed by atoms with Crippen molar-refractivity contribution in [2.45, 2.75) is 41.5 Å². The van der Waals surface area contributed by atoms with Crippen LogP contribution < -0.4 is 0 Å². The van der Waals surface area contributed by atoms with E-state index in [9.17, 15) is 0 Å². The zero-order valence-electron chi connectivity index (χ0n) is 30.2. The largest absolute Gasteiger partial charge is 0.0683 e. The maximum absolute atomic E-state index is 2.31. The normalized spacial score (nSPS) is 10.6. The van der Waals surface area contributed by atoms with Crippen LogP contribution in [0.1, 0.15) is 36.1 Å². The van der Waals surface area contributed by atoms with Gasteiger partial charge in [-0.25, -0.2) is 0 Å². The van der Waals surface area contributed by atoms with E-state index < -0.39 is 0 Å². The second-order valence-corrected chi connectivity index (χ2v) is 13.0. The molecule has 0 heteroatoms. The molecule has 0 bridgehead atoms. The highest BCUT2D eigenvalue weighted by Crippen LogP contribution is 2.37. The minimum absolute atomic E-state index is 1.27. The van der Waals surface area contributed by atoms with E-state index in [0.717, 1.165) is 0 Å². The van der Waals surface area contributed by atoms with Gasteiger partial charge in [-0.15, -0.1) is 0 Å². The van der Waals surface area contributed by atoms with E-state index >= 15 is 0 Å². The van der Waals surface area contributed by atoms with Gasteiger partial charge in [0.15, 0.2) is 0 Å². The summed E-state index contributed by atoms with van der Waals surface area (Å²) in [5.41, 5.74) is 15.4. The highest BCUT2D eigenvalue weighted by Gasteiger charge is 2.11. The molecule has 8 aromatic rings. The van der Waals surface area contributed by atoms with Gasteiger partial charge in [0.1, 0.15) is 0 Å². The Bertz CT molecular complexity index is 1980. The van der Waals surface area contributed by atoms with Gasteiger partial charge >= 0.3 is 0 Å². The predicted octanol–water partition coefficient (Wildman–Crippen LogP) is 14.6. The molecule has 0 atom stereocenters. The minimum Gasteiger partial charge on any atom is -0.0683 e. The fourth-order valence-electron chi connectivity index (χ4n) is 6.37. The first-order valence-electron chi connectivity index (χ1n) is 17.7. The molecule has 0 N–H and O–H groups in total. The molecule has 0 aliphatic carbocycles. The summed E-state index contributed by atoms with van der Waals surface area (Å²) in [6.07, 6.45) is 0. The Kier molecular flexibility index (Phi) is 10.7. The van der Waals surface area contributed by atoms with Crippen LogP contribution >= 0.6 is 0 Å². The van der Waals surface area contributed by atoms with E-state index in [1.807, 2.05) is 13.8 Å². The van der Waals surface area contributed by atoms with Gasteiger partial charge in [0.05, 0.1) is 0 Å². The van der Waals surface area contributed by atoms with Gasteiger partial charge in [-0.05, 0) is 118 Å². The molecular weight excluding hydrogens is 601 g/mol. The summed E-state index contributed by atoms with van der Waals surface area (Å²) in [4.78, 5) is 0. The second-order valence-electron chi connectivity index (χ2n) is 13.0. The average Bonchev–Trinajstić information content (AvgIpc) is 3.16. The van der Waals surface area contributed by atoms with Crippen LogP contribution in [0.5, 0.6) is 0 Å². The Morgan fingerprint density at radius 3 is 0.600 bits per heavy atom. The Morgan fingerprint density at radius 1 is 0.240 bits per heavy atom. The maximum Gasteiger partial charge on any atom is -0.00990 e. The summed E-state index contributed by atoms with van der Waals surface area (Å²) >= 11 is 0. The third kappa shape index (κ3) is 7.77. The van der Waals surface area contributed by atoms with E-state index in [1.165, 1.54) is 88.3 Å². The van der Waals surface area contributed by atoms with Crippen molar-refractivity contribution in [3.8, 4) is 44.5 Å². The van der Waals surface area contributed by atoms with E-state index in [1.54, 1.807) is 0 Å². The van der Waals surface area contributed by atoms with Crippen LogP contribution in [0.3, 0.4) is 0 Å². The van der Waals surface area contributed by atoms with Gasteiger partial charge < -0.3 is 0 Å². The lowest BCUT2D eigenvalue weighted by atomic mass is 9.91. The van der Waals surface area contributed by atoms with Crippen LogP contribution in [-0.4, -0.2) is 0 Å². The standard InChI is InChI=1S/2C24H20.C2H6/c2*1-17-7-11-19(12-8-17)23-15-21-5-3-4-6-22(21)16-24(23)20-13-9-18(2)10-14-20;1-2/h2*3-16H,1-2H3;1-2H3. The van der Waals surface area contributed by atoms with Crippen molar-refractivity contribution in [1.82, 2.24) is 0 Å². The van der Waals surface area contributed by atoms with Crippen LogP contribution in [-0.2, 0) is 0 Å². The Labute approximate surface area is 298 Å². The van der Waals surface area contributed by atoms with E-state index in [-0.39, 0.29) is 0 Å². The summed E-state index contributed by atoms with van der Waals surface area (Å²) in [5.74, 6) is 0. The predicted molar refractivity (Wildman–Crippen MR) is 220 cm³/mol. The number of benzene rings is 8. The van der Waals surface area contributed by atoms with Crippen molar-refractivity contribution in [2.24, 2.45) is 0 Å². The highest BCUT2D eigenvalue weighted by atomic mass is 14.1. The first-order chi connectivity index (χ1) is 24.4. The third-order valence-electron chi connectivity index (χ3n) is 9.22. The molecule has 8 aromatic carbocycles. The molecule has 0 saturated carbocycles.